The molecule has 0 aliphatic heterocycles. The van der Waals surface area contributed by atoms with Gasteiger partial charge in [-0.05, 0) is 43.4 Å². The molecule has 0 bridgehead atoms. The maximum atomic E-state index is 10.2. The molecule has 3 nitrogen and oxygen atoms in total. The minimum atomic E-state index is -0.553. The minimum absolute atomic E-state index is 0.316. The number of rotatable bonds is 6. The average molecular weight is 278 g/mol. The van der Waals surface area contributed by atoms with Crippen molar-refractivity contribution < 1.29 is 14.6 Å². The van der Waals surface area contributed by atoms with Crippen molar-refractivity contribution in [3.05, 3.63) is 29.8 Å². The van der Waals surface area contributed by atoms with Gasteiger partial charge in [-0.3, -0.25) is 0 Å². The van der Waals surface area contributed by atoms with Gasteiger partial charge in [0.1, 0.15) is 11.9 Å². The van der Waals surface area contributed by atoms with E-state index in [1.807, 2.05) is 31.2 Å². The molecule has 0 saturated heterocycles. The molecule has 0 heterocycles. The first-order valence-corrected chi connectivity index (χ1v) is 7.71. The molecule has 0 aromatic heterocycles. The summed E-state index contributed by atoms with van der Waals surface area (Å²) in [4.78, 5) is 0. The first kappa shape index (κ1) is 15.3. The van der Waals surface area contributed by atoms with Crippen LogP contribution in [0.25, 0.3) is 0 Å². The summed E-state index contributed by atoms with van der Waals surface area (Å²) in [5.41, 5.74) is 0.886. The first-order chi connectivity index (χ1) is 9.69. The Hall–Kier alpha value is -1.06. The molecule has 3 unspecified atom stereocenters. The van der Waals surface area contributed by atoms with Crippen LogP contribution in [0.4, 0.5) is 0 Å². The topological polar surface area (TPSA) is 38.7 Å². The third kappa shape index (κ3) is 4.50. The molecule has 1 N–H and O–H groups in total. The Bertz CT molecular complexity index is 388. The predicted molar refractivity (Wildman–Crippen MR) is 79.9 cm³/mol. The quantitative estimate of drug-likeness (QED) is 0.862. The number of aliphatic hydroxyl groups is 1. The lowest BCUT2D eigenvalue weighted by atomic mass is 9.89. The molecule has 1 aliphatic carbocycles. The van der Waals surface area contributed by atoms with E-state index in [0.717, 1.165) is 30.1 Å². The predicted octanol–water partition coefficient (Wildman–Crippen LogP) is 3.71. The Morgan fingerprint density at radius 3 is 2.65 bits per heavy atom. The van der Waals surface area contributed by atoms with Gasteiger partial charge < -0.3 is 14.6 Å². The van der Waals surface area contributed by atoms with E-state index < -0.39 is 6.10 Å². The molecule has 1 aromatic carbocycles. The second kappa shape index (κ2) is 7.65. The highest BCUT2D eigenvalue weighted by Crippen LogP contribution is 2.27. The lowest BCUT2D eigenvalue weighted by Gasteiger charge is -2.27. The Kier molecular flexibility index (Phi) is 5.86. The van der Waals surface area contributed by atoms with E-state index in [2.05, 4.69) is 6.92 Å². The van der Waals surface area contributed by atoms with Crippen LogP contribution >= 0.6 is 0 Å². The molecule has 112 valence electrons. The van der Waals surface area contributed by atoms with Gasteiger partial charge in [-0.1, -0.05) is 31.9 Å². The van der Waals surface area contributed by atoms with Crippen molar-refractivity contribution in [2.24, 2.45) is 5.92 Å². The van der Waals surface area contributed by atoms with Gasteiger partial charge in [0.25, 0.3) is 0 Å². The lowest BCUT2D eigenvalue weighted by Crippen LogP contribution is -2.23. The Morgan fingerprint density at radius 2 is 2.00 bits per heavy atom. The van der Waals surface area contributed by atoms with Crippen molar-refractivity contribution in [3.8, 4) is 5.75 Å². The smallest absolute Gasteiger partial charge is 0.119 e. The van der Waals surface area contributed by atoms with Crippen LogP contribution in [0.15, 0.2) is 24.3 Å². The van der Waals surface area contributed by atoms with Gasteiger partial charge in [-0.15, -0.1) is 0 Å². The fourth-order valence-corrected chi connectivity index (χ4v) is 2.81. The van der Waals surface area contributed by atoms with Gasteiger partial charge in [0.2, 0.25) is 0 Å². The largest absolute Gasteiger partial charge is 0.494 e. The summed E-state index contributed by atoms with van der Waals surface area (Å²) >= 11 is 0. The molecule has 0 radical (unpaired) electrons. The maximum Gasteiger partial charge on any atom is 0.119 e. The third-order valence-electron chi connectivity index (χ3n) is 3.95. The molecule has 1 saturated carbocycles. The zero-order valence-corrected chi connectivity index (χ0v) is 12.5. The average Bonchev–Trinajstić information content (AvgIpc) is 2.46. The molecule has 2 rings (SSSR count). The molecule has 0 amide bonds. The van der Waals surface area contributed by atoms with Crippen LogP contribution in [0.3, 0.4) is 0 Å². The summed E-state index contributed by atoms with van der Waals surface area (Å²) in [6, 6.07) is 7.60. The van der Waals surface area contributed by atoms with E-state index in [9.17, 15) is 5.11 Å². The van der Waals surface area contributed by atoms with E-state index in [1.165, 1.54) is 12.8 Å². The summed E-state index contributed by atoms with van der Waals surface area (Å²) in [6.07, 6.45) is 4.56. The summed E-state index contributed by atoms with van der Waals surface area (Å²) in [5.74, 6) is 1.59. The second-order valence-electron chi connectivity index (χ2n) is 5.74. The fraction of sp³-hybridized carbons (Fsp3) is 0.647. The number of benzene rings is 1. The Balaban J connectivity index is 1.80. The highest BCUT2D eigenvalue weighted by Gasteiger charge is 2.20. The molecule has 1 fully saturated rings. The van der Waals surface area contributed by atoms with Crippen LogP contribution in [-0.2, 0) is 4.74 Å². The highest BCUT2D eigenvalue weighted by atomic mass is 16.5. The zero-order chi connectivity index (χ0) is 14.4. The van der Waals surface area contributed by atoms with Crippen molar-refractivity contribution in [1.29, 1.82) is 0 Å². The molecule has 0 spiro atoms. The van der Waals surface area contributed by atoms with Crippen molar-refractivity contribution >= 4 is 0 Å². The SMILES string of the molecule is CCOc1ccc(C(O)COC2CCCC(C)C2)cc1. The maximum absolute atomic E-state index is 10.2. The monoisotopic (exact) mass is 278 g/mol. The van der Waals surface area contributed by atoms with Gasteiger partial charge >= 0.3 is 0 Å². The van der Waals surface area contributed by atoms with Gasteiger partial charge in [0.15, 0.2) is 0 Å². The third-order valence-corrected chi connectivity index (χ3v) is 3.95. The van der Waals surface area contributed by atoms with Crippen LogP contribution in [0.1, 0.15) is 51.2 Å². The standard InChI is InChI=1S/C17H26O3/c1-3-19-15-9-7-14(8-10-15)17(18)12-20-16-6-4-5-13(2)11-16/h7-10,13,16-18H,3-6,11-12H2,1-2H3. The summed E-state index contributed by atoms with van der Waals surface area (Å²) < 4.78 is 11.3. The second-order valence-corrected chi connectivity index (χ2v) is 5.74. The number of hydrogen-bond acceptors (Lipinski definition) is 3. The van der Waals surface area contributed by atoms with Crippen LogP contribution in [0.2, 0.25) is 0 Å². The van der Waals surface area contributed by atoms with E-state index in [4.69, 9.17) is 9.47 Å². The zero-order valence-electron chi connectivity index (χ0n) is 12.5. The molecule has 3 heteroatoms. The lowest BCUT2D eigenvalue weighted by molar-refractivity contribution is -0.0322. The van der Waals surface area contributed by atoms with Crippen molar-refractivity contribution in [3.63, 3.8) is 0 Å². The van der Waals surface area contributed by atoms with Crippen molar-refractivity contribution in [2.75, 3.05) is 13.2 Å². The Morgan fingerprint density at radius 1 is 1.25 bits per heavy atom. The first-order valence-electron chi connectivity index (χ1n) is 7.71. The molecule has 1 aliphatic rings. The van der Waals surface area contributed by atoms with Crippen LogP contribution in [0.5, 0.6) is 5.75 Å². The molecule has 1 aromatic rings. The van der Waals surface area contributed by atoms with Gasteiger partial charge in [-0.25, -0.2) is 0 Å². The van der Waals surface area contributed by atoms with E-state index in [-0.39, 0.29) is 0 Å². The van der Waals surface area contributed by atoms with Crippen LogP contribution in [-0.4, -0.2) is 24.4 Å². The minimum Gasteiger partial charge on any atom is -0.494 e. The fourth-order valence-electron chi connectivity index (χ4n) is 2.81. The van der Waals surface area contributed by atoms with Crippen molar-refractivity contribution in [2.45, 2.75) is 51.7 Å². The molecular formula is C17H26O3. The van der Waals surface area contributed by atoms with Crippen LogP contribution in [0, 0.1) is 5.92 Å². The van der Waals surface area contributed by atoms with Gasteiger partial charge in [-0.2, -0.15) is 0 Å². The van der Waals surface area contributed by atoms with E-state index in [0.29, 0.717) is 19.3 Å². The molecular weight excluding hydrogens is 252 g/mol. The van der Waals surface area contributed by atoms with Crippen LogP contribution < -0.4 is 4.74 Å². The normalized spacial score (nSPS) is 24.4. The summed E-state index contributed by atoms with van der Waals surface area (Å²) in [5, 5.41) is 10.2. The molecule has 3 atom stereocenters. The Labute approximate surface area is 121 Å². The van der Waals surface area contributed by atoms with E-state index in [1.54, 1.807) is 0 Å². The van der Waals surface area contributed by atoms with Gasteiger partial charge in [0, 0.05) is 0 Å². The number of hydrogen-bond donors (Lipinski definition) is 1. The van der Waals surface area contributed by atoms with Crippen molar-refractivity contribution in [1.82, 2.24) is 0 Å². The van der Waals surface area contributed by atoms with E-state index >= 15 is 0 Å². The number of aliphatic hydroxyl groups excluding tert-OH is 1. The summed E-state index contributed by atoms with van der Waals surface area (Å²) in [7, 11) is 0. The summed E-state index contributed by atoms with van der Waals surface area (Å²) in [6.45, 7) is 5.27. The number of ether oxygens (including phenoxy) is 2. The van der Waals surface area contributed by atoms with Gasteiger partial charge in [0.05, 0.1) is 19.3 Å². The highest BCUT2D eigenvalue weighted by molar-refractivity contribution is 5.28. The molecule has 20 heavy (non-hydrogen) atoms.